The van der Waals surface area contributed by atoms with Gasteiger partial charge in [0.2, 0.25) is 10.0 Å². The minimum Gasteiger partial charge on any atom is -0.352 e. The zero-order chi connectivity index (χ0) is 19.3. The van der Waals surface area contributed by atoms with Crippen molar-refractivity contribution < 1.29 is 8.42 Å². The monoisotopic (exact) mass is 395 g/mol. The molecule has 2 N–H and O–H groups in total. The molecule has 1 aromatic heterocycles. The van der Waals surface area contributed by atoms with Gasteiger partial charge in [-0.2, -0.15) is 0 Å². The summed E-state index contributed by atoms with van der Waals surface area (Å²) >= 11 is 1.67. The molecule has 26 heavy (non-hydrogen) atoms. The van der Waals surface area contributed by atoms with E-state index in [9.17, 15) is 8.42 Å². The molecule has 0 bridgehead atoms. The second kappa shape index (κ2) is 8.61. The number of nitrogens with one attached hydrogen (secondary N) is 2. The Morgan fingerprint density at radius 1 is 1.15 bits per heavy atom. The largest absolute Gasteiger partial charge is 0.352 e. The van der Waals surface area contributed by atoms with Gasteiger partial charge in [0.25, 0.3) is 0 Å². The Morgan fingerprint density at radius 2 is 1.77 bits per heavy atom. The van der Waals surface area contributed by atoms with Crippen molar-refractivity contribution in [1.29, 1.82) is 0 Å². The van der Waals surface area contributed by atoms with Crippen molar-refractivity contribution in [2.45, 2.75) is 31.8 Å². The van der Waals surface area contributed by atoms with Gasteiger partial charge in [-0.05, 0) is 31.5 Å². The van der Waals surface area contributed by atoms with Crippen LogP contribution in [0, 0.1) is 13.8 Å². The first-order chi connectivity index (χ1) is 12.2. The van der Waals surface area contributed by atoms with Gasteiger partial charge in [-0.3, -0.25) is 4.99 Å². The van der Waals surface area contributed by atoms with E-state index >= 15 is 0 Å². The number of hydrogen-bond donors (Lipinski definition) is 2. The Kier molecular flexibility index (Phi) is 6.74. The third-order valence-corrected chi connectivity index (χ3v) is 6.70. The Labute approximate surface area is 159 Å². The van der Waals surface area contributed by atoms with Crippen LogP contribution in [0.4, 0.5) is 0 Å². The van der Waals surface area contributed by atoms with Gasteiger partial charge in [0.15, 0.2) is 5.96 Å². The van der Waals surface area contributed by atoms with Crippen LogP contribution in [0.25, 0.3) is 0 Å². The third kappa shape index (κ3) is 5.03. The van der Waals surface area contributed by atoms with Gasteiger partial charge in [0.1, 0.15) is 0 Å². The molecular weight excluding hydrogens is 370 g/mol. The maximum Gasteiger partial charge on any atom is 0.242 e. The van der Waals surface area contributed by atoms with Crippen molar-refractivity contribution in [1.82, 2.24) is 19.9 Å². The molecule has 0 fully saturated rings. The van der Waals surface area contributed by atoms with Gasteiger partial charge >= 0.3 is 0 Å². The number of aliphatic imine (C=N–C) groups is 1. The Balaban J connectivity index is 1.93. The van der Waals surface area contributed by atoms with Gasteiger partial charge in [-0.15, -0.1) is 11.3 Å². The van der Waals surface area contributed by atoms with Crippen LogP contribution in [-0.4, -0.2) is 44.8 Å². The summed E-state index contributed by atoms with van der Waals surface area (Å²) in [7, 11) is 1.36. The van der Waals surface area contributed by atoms with E-state index < -0.39 is 10.0 Å². The number of aromatic nitrogens is 1. The summed E-state index contributed by atoms with van der Waals surface area (Å²) in [6, 6.07) is 6.83. The van der Waals surface area contributed by atoms with Gasteiger partial charge in [-0.25, -0.2) is 17.7 Å². The maximum absolute atomic E-state index is 12.1. The van der Waals surface area contributed by atoms with Crippen LogP contribution < -0.4 is 10.6 Å². The van der Waals surface area contributed by atoms with Crippen molar-refractivity contribution in [3.8, 4) is 0 Å². The van der Waals surface area contributed by atoms with E-state index in [-0.39, 0.29) is 4.90 Å². The van der Waals surface area contributed by atoms with Crippen LogP contribution in [0.2, 0.25) is 0 Å². The molecule has 142 valence electrons. The number of nitrogens with zero attached hydrogens (tertiary/aromatic N) is 3. The first-order valence-electron chi connectivity index (χ1n) is 8.13. The van der Waals surface area contributed by atoms with Crippen LogP contribution in [0.3, 0.4) is 0 Å². The van der Waals surface area contributed by atoms with Crippen molar-refractivity contribution in [2.75, 3.05) is 21.1 Å². The van der Waals surface area contributed by atoms with Crippen LogP contribution in [-0.2, 0) is 23.1 Å². The maximum atomic E-state index is 12.1. The fourth-order valence-electron chi connectivity index (χ4n) is 2.30. The molecule has 2 rings (SSSR count). The molecule has 0 amide bonds. The van der Waals surface area contributed by atoms with Crippen LogP contribution in [0.5, 0.6) is 0 Å². The Hall–Kier alpha value is -1.97. The van der Waals surface area contributed by atoms with E-state index in [1.54, 1.807) is 42.6 Å². The highest BCUT2D eigenvalue weighted by Crippen LogP contribution is 2.16. The standard InChI is InChI=1S/C17H25N5O2S2/c1-12-16(25-13(2)21-12)11-20-17(18-3)19-10-14-6-8-15(9-7-14)26(23,24)22(4)5/h6-9H,10-11H2,1-5H3,(H2,18,19,20). The molecule has 9 heteroatoms. The molecule has 1 aromatic carbocycles. The van der Waals surface area contributed by atoms with Crippen LogP contribution in [0.1, 0.15) is 21.1 Å². The average molecular weight is 396 g/mol. The van der Waals surface area contributed by atoms with Crippen molar-refractivity contribution in [2.24, 2.45) is 4.99 Å². The number of sulfonamides is 1. The lowest BCUT2D eigenvalue weighted by molar-refractivity contribution is 0.520. The van der Waals surface area contributed by atoms with E-state index in [2.05, 4.69) is 20.6 Å². The predicted molar refractivity (Wildman–Crippen MR) is 106 cm³/mol. The summed E-state index contributed by atoms with van der Waals surface area (Å²) in [6.07, 6.45) is 0. The molecule has 0 radical (unpaired) electrons. The SMILES string of the molecule is CN=C(NCc1ccc(S(=O)(=O)N(C)C)cc1)NCc1sc(C)nc1C. The fourth-order valence-corrected chi connectivity index (χ4v) is 4.08. The molecule has 7 nitrogen and oxygen atoms in total. The third-order valence-electron chi connectivity index (χ3n) is 3.80. The first-order valence-corrected chi connectivity index (χ1v) is 10.4. The van der Waals surface area contributed by atoms with E-state index in [1.165, 1.54) is 23.3 Å². The lowest BCUT2D eigenvalue weighted by Crippen LogP contribution is -2.36. The van der Waals surface area contributed by atoms with Gasteiger partial charge in [-0.1, -0.05) is 12.1 Å². The Morgan fingerprint density at radius 3 is 2.27 bits per heavy atom. The van der Waals surface area contributed by atoms with E-state index in [4.69, 9.17) is 0 Å². The lowest BCUT2D eigenvalue weighted by Gasteiger charge is -2.13. The molecule has 0 saturated heterocycles. The first kappa shape index (κ1) is 20.3. The minimum atomic E-state index is -3.40. The van der Waals surface area contributed by atoms with Crippen LogP contribution in [0.15, 0.2) is 34.2 Å². The highest BCUT2D eigenvalue weighted by molar-refractivity contribution is 7.89. The number of guanidine groups is 1. The van der Waals surface area contributed by atoms with Gasteiger partial charge in [0, 0.05) is 32.6 Å². The van der Waals surface area contributed by atoms with Crippen LogP contribution >= 0.6 is 11.3 Å². The summed E-state index contributed by atoms with van der Waals surface area (Å²) in [5.41, 5.74) is 2.00. The topological polar surface area (TPSA) is 86.7 Å². The lowest BCUT2D eigenvalue weighted by atomic mass is 10.2. The predicted octanol–water partition coefficient (Wildman–Crippen LogP) is 1.88. The Bertz CT molecular complexity index is 871. The van der Waals surface area contributed by atoms with E-state index in [0.717, 1.165) is 16.3 Å². The number of rotatable bonds is 6. The molecule has 1 heterocycles. The molecule has 0 saturated carbocycles. The number of hydrogen-bond acceptors (Lipinski definition) is 5. The van der Waals surface area contributed by atoms with E-state index in [0.29, 0.717) is 19.0 Å². The smallest absolute Gasteiger partial charge is 0.242 e. The molecule has 0 unspecified atom stereocenters. The molecule has 0 aliphatic rings. The summed E-state index contributed by atoms with van der Waals surface area (Å²) in [6.45, 7) is 5.20. The second-order valence-electron chi connectivity index (χ2n) is 5.95. The number of benzene rings is 1. The van der Waals surface area contributed by atoms with Crippen molar-refractivity contribution in [3.05, 3.63) is 45.4 Å². The molecule has 2 aromatic rings. The molecule has 0 aliphatic carbocycles. The summed E-state index contributed by atoms with van der Waals surface area (Å²) < 4.78 is 25.4. The van der Waals surface area contributed by atoms with Crippen molar-refractivity contribution in [3.63, 3.8) is 0 Å². The van der Waals surface area contributed by atoms with E-state index in [1.807, 2.05) is 13.8 Å². The zero-order valence-electron chi connectivity index (χ0n) is 15.7. The molecule has 0 atom stereocenters. The summed E-state index contributed by atoms with van der Waals surface area (Å²) in [5.74, 6) is 0.681. The van der Waals surface area contributed by atoms with Crippen molar-refractivity contribution >= 4 is 27.3 Å². The normalized spacial score (nSPS) is 12.5. The zero-order valence-corrected chi connectivity index (χ0v) is 17.3. The molecule has 0 spiro atoms. The minimum absolute atomic E-state index is 0.282. The molecular formula is C17H25N5O2S2. The summed E-state index contributed by atoms with van der Waals surface area (Å²) in [4.78, 5) is 10.1. The highest BCUT2D eigenvalue weighted by atomic mass is 32.2. The quantitative estimate of drug-likeness (QED) is 0.576. The highest BCUT2D eigenvalue weighted by Gasteiger charge is 2.16. The van der Waals surface area contributed by atoms with Gasteiger partial charge in [0.05, 0.1) is 22.1 Å². The average Bonchev–Trinajstić information content (AvgIpc) is 2.92. The van der Waals surface area contributed by atoms with Gasteiger partial charge < -0.3 is 10.6 Å². The fraction of sp³-hybridized carbons (Fsp3) is 0.412. The second-order valence-corrected chi connectivity index (χ2v) is 9.39. The molecule has 0 aliphatic heterocycles. The number of aryl methyl sites for hydroxylation is 2. The summed E-state index contributed by atoms with van der Waals surface area (Å²) in [5, 5.41) is 7.54. The number of thiazole rings is 1.